The quantitative estimate of drug-likeness (QED) is 0.850. The molecule has 1 amide bonds. The van der Waals surface area contributed by atoms with Gasteiger partial charge in [0.2, 0.25) is 0 Å². The fourth-order valence-corrected chi connectivity index (χ4v) is 2.31. The first-order valence-electron chi connectivity index (χ1n) is 5.47. The largest absolute Gasteiger partial charge is 0.478 e. The Hall–Kier alpha value is -2.18. The number of thiophene rings is 1. The van der Waals surface area contributed by atoms with E-state index >= 15 is 0 Å². The van der Waals surface area contributed by atoms with E-state index in [2.05, 4.69) is 10.3 Å². The Labute approximate surface area is 123 Å². The zero-order valence-corrected chi connectivity index (χ0v) is 11.6. The fourth-order valence-electron chi connectivity index (χ4n) is 1.42. The number of hydrogen-bond acceptors (Lipinski definition) is 4. The summed E-state index contributed by atoms with van der Waals surface area (Å²) < 4.78 is 0. The highest BCUT2D eigenvalue weighted by Gasteiger charge is 2.12. The highest BCUT2D eigenvalue weighted by atomic mass is 35.5. The molecule has 0 bridgehead atoms. The van der Waals surface area contributed by atoms with E-state index in [9.17, 15) is 9.59 Å². The first-order chi connectivity index (χ1) is 9.56. The van der Waals surface area contributed by atoms with Crippen LogP contribution in [0.4, 0.5) is 5.82 Å². The molecule has 2 aromatic heterocycles. The third-order valence-electron chi connectivity index (χ3n) is 2.28. The maximum atomic E-state index is 12.1. The number of carbonyl (C=O) groups excluding carboxylic acids is 1. The van der Waals surface area contributed by atoms with E-state index < -0.39 is 5.97 Å². The topological polar surface area (TPSA) is 79.3 Å². The number of carbonyl (C=O) groups is 2. The van der Waals surface area contributed by atoms with Gasteiger partial charge in [0.25, 0.3) is 5.91 Å². The molecular weight excluding hydrogens is 300 g/mol. The molecule has 102 valence electrons. The molecule has 0 aliphatic heterocycles. The Kier molecular flexibility index (Phi) is 4.49. The number of pyridine rings is 1. The molecule has 0 unspecified atom stereocenters. The van der Waals surface area contributed by atoms with Crippen LogP contribution >= 0.6 is 22.9 Å². The summed E-state index contributed by atoms with van der Waals surface area (Å²) in [6.07, 6.45) is 3.79. The number of nitrogens with one attached hydrogen (secondary N) is 1. The van der Waals surface area contributed by atoms with Gasteiger partial charge in [-0.2, -0.15) is 0 Å². The molecule has 7 heteroatoms. The SMILES string of the molecule is O=C(O)C=Cc1ccsc1C(=O)Nc1ccc(Cl)cn1. The molecule has 0 spiro atoms. The van der Waals surface area contributed by atoms with Gasteiger partial charge in [0.15, 0.2) is 0 Å². The van der Waals surface area contributed by atoms with Crippen molar-refractivity contribution in [2.45, 2.75) is 0 Å². The highest BCUT2D eigenvalue weighted by Crippen LogP contribution is 2.20. The molecule has 2 N–H and O–H groups in total. The molecule has 0 saturated carbocycles. The molecular formula is C13H9ClN2O3S. The summed E-state index contributed by atoms with van der Waals surface area (Å²) >= 11 is 6.93. The summed E-state index contributed by atoms with van der Waals surface area (Å²) in [6, 6.07) is 4.87. The number of nitrogens with zero attached hydrogens (tertiary/aromatic N) is 1. The van der Waals surface area contributed by atoms with Crippen molar-refractivity contribution >= 4 is 46.7 Å². The van der Waals surface area contributed by atoms with Crippen molar-refractivity contribution in [1.82, 2.24) is 4.98 Å². The lowest BCUT2D eigenvalue weighted by molar-refractivity contribution is -0.131. The van der Waals surface area contributed by atoms with Gasteiger partial charge < -0.3 is 10.4 Å². The second-order valence-electron chi connectivity index (χ2n) is 3.69. The van der Waals surface area contributed by atoms with Gasteiger partial charge in [0.1, 0.15) is 5.82 Å². The van der Waals surface area contributed by atoms with E-state index in [1.165, 1.54) is 23.6 Å². The number of amides is 1. The van der Waals surface area contributed by atoms with Gasteiger partial charge in [0, 0.05) is 12.3 Å². The number of aliphatic carboxylic acids is 1. The van der Waals surface area contributed by atoms with Gasteiger partial charge in [-0.1, -0.05) is 11.6 Å². The predicted octanol–water partition coefficient (Wildman–Crippen LogP) is 3.15. The molecule has 0 radical (unpaired) electrons. The van der Waals surface area contributed by atoms with Crippen LogP contribution in [-0.4, -0.2) is 22.0 Å². The zero-order valence-electron chi connectivity index (χ0n) is 10.0. The molecule has 0 aliphatic carbocycles. The van der Waals surface area contributed by atoms with Gasteiger partial charge >= 0.3 is 5.97 Å². The molecule has 0 saturated heterocycles. The van der Waals surface area contributed by atoms with Gasteiger partial charge in [-0.15, -0.1) is 11.3 Å². The van der Waals surface area contributed by atoms with E-state index in [1.807, 2.05) is 0 Å². The van der Waals surface area contributed by atoms with E-state index in [0.717, 1.165) is 6.08 Å². The van der Waals surface area contributed by atoms with Crippen LogP contribution < -0.4 is 5.32 Å². The van der Waals surface area contributed by atoms with Crippen molar-refractivity contribution < 1.29 is 14.7 Å². The molecule has 2 aromatic rings. The molecule has 2 rings (SSSR count). The minimum Gasteiger partial charge on any atom is -0.478 e. The lowest BCUT2D eigenvalue weighted by atomic mass is 10.2. The van der Waals surface area contributed by atoms with Crippen molar-refractivity contribution in [3.63, 3.8) is 0 Å². The molecule has 0 aliphatic rings. The third-order valence-corrected chi connectivity index (χ3v) is 3.43. The van der Waals surface area contributed by atoms with Crippen LogP contribution in [0.3, 0.4) is 0 Å². The smallest absolute Gasteiger partial charge is 0.328 e. The van der Waals surface area contributed by atoms with Gasteiger partial charge in [-0.05, 0) is 35.2 Å². The highest BCUT2D eigenvalue weighted by molar-refractivity contribution is 7.12. The van der Waals surface area contributed by atoms with E-state index in [1.54, 1.807) is 23.6 Å². The maximum Gasteiger partial charge on any atom is 0.328 e. The van der Waals surface area contributed by atoms with Gasteiger partial charge in [0.05, 0.1) is 9.90 Å². The molecule has 0 aromatic carbocycles. The minimum absolute atomic E-state index is 0.347. The molecule has 2 heterocycles. The van der Waals surface area contributed by atoms with Crippen LogP contribution in [0.25, 0.3) is 6.08 Å². The van der Waals surface area contributed by atoms with Crippen LogP contribution in [0.5, 0.6) is 0 Å². The summed E-state index contributed by atoms with van der Waals surface area (Å²) in [5.41, 5.74) is 0.545. The summed E-state index contributed by atoms with van der Waals surface area (Å²) in [5.74, 6) is -1.04. The van der Waals surface area contributed by atoms with Crippen LogP contribution in [0.1, 0.15) is 15.2 Å². The summed E-state index contributed by atoms with van der Waals surface area (Å²) in [7, 11) is 0. The van der Waals surface area contributed by atoms with Crippen LogP contribution in [-0.2, 0) is 4.79 Å². The Morgan fingerprint density at radius 2 is 2.15 bits per heavy atom. The number of halogens is 1. The standard InChI is InChI=1S/C13H9ClN2O3S/c14-9-2-3-10(15-7-9)16-13(19)12-8(5-6-20-12)1-4-11(17)18/h1-7H,(H,17,18)(H,15,16,19). The number of aromatic nitrogens is 1. The Balaban J connectivity index is 2.15. The van der Waals surface area contributed by atoms with Crippen molar-refractivity contribution in [3.05, 3.63) is 51.3 Å². The Morgan fingerprint density at radius 1 is 1.35 bits per heavy atom. The lowest BCUT2D eigenvalue weighted by Gasteiger charge is -2.03. The first kappa shape index (κ1) is 14.2. The van der Waals surface area contributed by atoms with Gasteiger partial charge in [-0.3, -0.25) is 4.79 Å². The van der Waals surface area contributed by atoms with E-state index in [0.29, 0.717) is 21.3 Å². The number of rotatable bonds is 4. The molecule has 5 nitrogen and oxygen atoms in total. The van der Waals surface area contributed by atoms with Crippen molar-refractivity contribution in [1.29, 1.82) is 0 Å². The fraction of sp³-hybridized carbons (Fsp3) is 0. The second kappa shape index (κ2) is 6.31. The summed E-state index contributed by atoms with van der Waals surface area (Å²) in [6.45, 7) is 0. The Bertz CT molecular complexity index is 665. The number of anilines is 1. The van der Waals surface area contributed by atoms with E-state index in [4.69, 9.17) is 16.7 Å². The monoisotopic (exact) mass is 308 g/mol. The predicted molar refractivity (Wildman–Crippen MR) is 78.2 cm³/mol. The minimum atomic E-state index is -1.07. The zero-order chi connectivity index (χ0) is 14.5. The lowest BCUT2D eigenvalue weighted by Crippen LogP contribution is -2.12. The van der Waals surface area contributed by atoms with Gasteiger partial charge in [-0.25, -0.2) is 9.78 Å². The van der Waals surface area contributed by atoms with Crippen molar-refractivity contribution in [3.8, 4) is 0 Å². The summed E-state index contributed by atoms with van der Waals surface area (Å²) in [5, 5.41) is 13.4. The van der Waals surface area contributed by atoms with Crippen LogP contribution in [0.2, 0.25) is 5.02 Å². The number of carboxylic acids is 1. The van der Waals surface area contributed by atoms with Crippen molar-refractivity contribution in [2.24, 2.45) is 0 Å². The molecule has 0 fully saturated rings. The second-order valence-corrected chi connectivity index (χ2v) is 5.04. The first-order valence-corrected chi connectivity index (χ1v) is 6.73. The van der Waals surface area contributed by atoms with Crippen molar-refractivity contribution in [2.75, 3.05) is 5.32 Å². The van der Waals surface area contributed by atoms with Crippen LogP contribution in [0.15, 0.2) is 35.9 Å². The molecule has 0 atom stereocenters. The molecule has 20 heavy (non-hydrogen) atoms. The Morgan fingerprint density at radius 3 is 2.80 bits per heavy atom. The summed E-state index contributed by atoms with van der Waals surface area (Å²) in [4.78, 5) is 26.9. The number of carboxylic acid groups (broad SMARTS) is 1. The van der Waals surface area contributed by atoms with Crippen LogP contribution in [0, 0.1) is 0 Å². The third kappa shape index (κ3) is 3.66. The average molecular weight is 309 g/mol. The average Bonchev–Trinajstić information content (AvgIpc) is 2.87. The number of hydrogen-bond donors (Lipinski definition) is 2. The normalized spacial score (nSPS) is 10.7. The maximum absolute atomic E-state index is 12.1. The van der Waals surface area contributed by atoms with E-state index in [-0.39, 0.29) is 5.91 Å².